The van der Waals surface area contributed by atoms with Crippen LogP contribution in [-0.4, -0.2) is 277 Å². The molecule has 538 valence electrons. The van der Waals surface area contributed by atoms with Crippen LogP contribution in [0.15, 0.2) is 12.2 Å². The molecule has 2 rings (SSSR count). The van der Waals surface area contributed by atoms with Gasteiger partial charge < -0.3 is 70.1 Å². The van der Waals surface area contributed by atoms with E-state index in [0.29, 0.717) is 19.6 Å². The lowest BCUT2D eigenvalue weighted by Gasteiger charge is -2.41. The number of rotatable bonds is 20. The fourth-order valence-corrected chi connectivity index (χ4v) is 12.2. The van der Waals surface area contributed by atoms with E-state index in [4.69, 9.17) is 9.47 Å². The number of aliphatic hydroxyl groups is 1. The Morgan fingerprint density at radius 1 is 0.532 bits per heavy atom. The number of unbranched alkanes of at least 4 members (excludes halogenated alkanes) is 1. The summed E-state index contributed by atoms with van der Waals surface area (Å²) in [5.41, 5.74) is 0. The van der Waals surface area contributed by atoms with E-state index in [9.17, 15) is 38.7 Å². The molecule has 2 aliphatic heterocycles. The number of hydrogen-bond acceptors (Lipinski definition) is 15. The Hall–Kier alpha value is -6.25. The number of nitrogens with one attached hydrogen (secondary N) is 4. The van der Waals surface area contributed by atoms with Gasteiger partial charge in [-0.2, -0.15) is 0 Å². The highest BCUT2D eigenvalue weighted by atomic mass is 16.5. The van der Waals surface area contributed by atoms with Crippen LogP contribution < -0.4 is 21.3 Å². The summed E-state index contributed by atoms with van der Waals surface area (Å²) < 4.78 is 11.8. The minimum Gasteiger partial charge on any atom is -0.390 e. The van der Waals surface area contributed by atoms with E-state index in [1.165, 1.54) is 85.5 Å². The Balaban J connectivity index is 2.99. The molecule has 0 aromatic carbocycles. The molecule has 13 atom stereocenters. The molecule has 0 aliphatic carbocycles. The van der Waals surface area contributed by atoms with Gasteiger partial charge >= 0.3 is 0 Å². The summed E-state index contributed by atoms with van der Waals surface area (Å²) in [6, 6.07) is -12.9. The number of amides is 11. The first-order chi connectivity index (χ1) is 43.8. The molecule has 0 bridgehead atoms. The second-order valence-electron chi connectivity index (χ2n) is 27.9. The zero-order chi connectivity index (χ0) is 71.9. The van der Waals surface area contributed by atoms with Gasteiger partial charge in [-0.1, -0.05) is 95.2 Å². The number of morpholine rings is 1. The zero-order valence-electron chi connectivity index (χ0n) is 61.3. The van der Waals surface area contributed by atoms with Gasteiger partial charge in [-0.25, -0.2) is 0 Å². The molecule has 11 amide bonds. The monoisotopic (exact) mass is 1330 g/mol. The molecule has 0 aromatic heterocycles. The molecule has 2 heterocycles. The van der Waals surface area contributed by atoms with Crippen LogP contribution in [0.1, 0.15) is 156 Å². The molecule has 2 fully saturated rings. The van der Waals surface area contributed by atoms with Crippen molar-refractivity contribution in [3.05, 3.63) is 12.2 Å². The molecule has 0 saturated carbocycles. The predicted molar refractivity (Wildman–Crippen MR) is 361 cm³/mol. The summed E-state index contributed by atoms with van der Waals surface area (Å²) in [6.07, 6.45) is 2.63. The standard InChI is InChI=1S/C68H122N12O14/c1-24-29-45(14)58(82)57-62(86)71-49(25-2)64(88)80(26-3)39-53(81)76(21)56(48(17)94-33-28-27-30-79-31-34-93-35-32-79)61(85)72-54(43(10)11)67(91)73(18)50(36-40(4)5)60(84)69-46(15)59(83)70-47(16)63(87)74(19)51(37-41(6)7)65(89)75(20)52(38-42(8)9)66(90)77(22)55(44(12)13)68(92)78(57)23/h24,29,40-52,54-58,82H,25-28,30-39H2,1-23H3,(H,69,84)(H,70,83)(H,71,86)(H,72,85)/b29-24+/t45-,46+,47-,48-,49+,50+,51+,52+,54+,55+,56?,57+,58-/m1/s1. The van der Waals surface area contributed by atoms with Crippen LogP contribution in [0.25, 0.3) is 0 Å². The van der Waals surface area contributed by atoms with Crippen molar-refractivity contribution in [1.29, 1.82) is 0 Å². The van der Waals surface area contributed by atoms with Crippen molar-refractivity contribution >= 4 is 65.0 Å². The number of carbonyl (C=O) groups is 11. The van der Waals surface area contributed by atoms with Crippen molar-refractivity contribution in [2.45, 2.75) is 229 Å². The lowest BCUT2D eigenvalue weighted by atomic mass is 9.93. The van der Waals surface area contributed by atoms with Crippen LogP contribution in [0, 0.1) is 35.5 Å². The first-order valence-corrected chi connectivity index (χ1v) is 34.1. The lowest BCUT2D eigenvalue weighted by Crippen LogP contribution is -2.63. The molecule has 26 nitrogen and oxygen atoms in total. The highest BCUT2D eigenvalue weighted by Gasteiger charge is 2.46. The van der Waals surface area contributed by atoms with Crippen LogP contribution in [-0.2, 0) is 62.2 Å². The van der Waals surface area contributed by atoms with Gasteiger partial charge in [0.05, 0.1) is 32.0 Å². The van der Waals surface area contributed by atoms with Crippen molar-refractivity contribution in [1.82, 2.24) is 60.5 Å². The van der Waals surface area contributed by atoms with Crippen LogP contribution in [0.5, 0.6) is 0 Å². The van der Waals surface area contributed by atoms with E-state index >= 15 is 19.2 Å². The Morgan fingerprint density at radius 3 is 1.52 bits per heavy atom. The van der Waals surface area contributed by atoms with Gasteiger partial charge in [-0.15, -0.1) is 0 Å². The number of ether oxygens (including phenoxy) is 2. The average Bonchev–Trinajstić information content (AvgIpc) is 0.832. The second kappa shape index (κ2) is 39.7. The predicted octanol–water partition coefficient (Wildman–Crippen LogP) is 2.74. The highest BCUT2D eigenvalue weighted by molar-refractivity contribution is 5.99. The Kier molecular flexibility index (Phi) is 35.4. The minimum absolute atomic E-state index is 0.000562. The van der Waals surface area contributed by atoms with Gasteiger partial charge in [0.2, 0.25) is 65.0 Å². The van der Waals surface area contributed by atoms with E-state index < -0.39 is 162 Å². The summed E-state index contributed by atoms with van der Waals surface area (Å²) in [5.74, 6) is -10.1. The third-order valence-corrected chi connectivity index (χ3v) is 18.1. The Labute approximate surface area is 562 Å². The largest absolute Gasteiger partial charge is 0.390 e. The summed E-state index contributed by atoms with van der Waals surface area (Å²) in [6.45, 7) is 32.6. The topological polar surface area (TPSA) is 300 Å². The molecular formula is C68H122N12O14. The van der Waals surface area contributed by atoms with E-state index in [0.717, 1.165) is 31.0 Å². The molecule has 0 aromatic rings. The minimum atomic E-state index is -1.65. The number of allylic oxidation sites excluding steroid dienone is 1. The smallest absolute Gasteiger partial charge is 0.246 e. The molecular weight excluding hydrogens is 1210 g/mol. The molecule has 0 radical (unpaired) electrons. The zero-order valence-corrected chi connectivity index (χ0v) is 61.3. The highest BCUT2D eigenvalue weighted by Crippen LogP contribution is 2.25. The summed E-state index contributed by atoms with van der Waals surface area (Å²) >= 11 is 0. The molecule has 5 N–H and O–H groups in total. The van der Waals surface area contributed by atoms with Crippen molar-refractivity contribution in [3.63, 3.8) is 0 Å². The van der Waals surface area contributed by atoms with Crippen LogP contribution >= 0.6 is 0 Å². The summed E-state index contributed by atoms with van der Waals surface area (Å²) in [4.78, 5) is 174. The van der Waals surface area contributed by atoms with E-state index in [-0.39, 0.29) is 56.6 Å². The molecule has 1 unspecified atom stereocenters. The van der Waals surface area contributed by atoms with Crippen molar-refractivity contribution in [2.24, 2.45) is 35.5 Å². The lowest BCUT2D eigenvalue weighted by molar-refractivity contribution is -0.157. The van der Waals surface area contributed by atoms with E-state index in [2.05, 4.69) is 26.2 Å². The number of hydrogen-bond donors (Lipinski definition) is 5. The van der Waals surface area contributed by atoms with Gasteiger partial charge in [-0.3, -0.25) is 57.6 Å². The fraction of sp³-hybridized carbons (Fsp3) is 0.809. The third kappa shape index (κ3) is 23.8. The molecule has 2 saturated heterocycles. The van der Waals surface area contributed by atoms with Crippen molar-refractivity contribution in [2.75, 3.05) is 94.8 Å². The molecule has 2 aliphatic rings. The van der Waals surface area contributed by atoms with Gasteiger partial charge in [0.15, 0.2) is 0 Å². The van der Waals surface area contributed by atoms with E-state index in [1.54, 1.807) is 74.5 Å². The normalized spacial score (nSPS) is 26.9. The molecule has 26 heteroatoms. The third-order valence-electron chi connectivity index (χ3n) is 18.1. The summed E-state index contributed by atoms with van der Waals surface area (Å²) in [7, 11) is 8.51. The average molecular weight is 1330 g/mol. The van der Waals surface area contributed by atoms with Gasteiger partial charge in [-0.05, 0) is 109 Å². The maximum atomic E-state index is 15.2. The van der Waals surface area contributed by atoms with Crippen LogP contribution in [0.3, 0.4) is 0 Å². The maximum Gasteiger partial charge on any atom is 0.246 e. The van der Waals surface area contributed by atoms with Crippen LogP contribution in [0.2, 0.25) is 0 Å². The fourth-order valence-electron chi connectivity index (χ4n) is 12.2. The number of aliphatic hydroxyl groups excluding tert-OH is 1. The molecule has 94 heavy (non-hydrogen) atoms. The first-order valence-electron chi connectivity index (χ1n) is 34.1. The Bertz CT molecular complexity index is 2540. The molecule has 0 spiro atoms. The quantitative estimate of drug-likeness (QED) is 0.0865. The maximum absolute atomic E-state index is 15.2. The summed E-state index contributed by atoms with van der Waals surface area (Å²) in [5, 5.41) is 23.2. The number of likely N-dealkylation sites (N-methyl/N-ethyl adjacent to an activating group) is 7. The Morgan fingerprint density at radius 2 is 1.02 bits per heavy atom. The van der Waals surface area contributed by atoms with Gasteiger partial charge in [0.25, 0.3) is 0 Å². The van der Waals surface area contributed by atoms with Crippen LogP contribution in [0.4, 0.5) is 0 Å². The number of nitrogens with zero attached hydrogens (tertiary/aromatic N) is 8. The van der Waals surface area contributed by atoms with Crippen molar-refractivity contribution in [3.8, 4) is 0 Å². The van der Waals surface area contributed by atoms with Gasteiger partial charge in [0.1, 0.15) is 60.4 Å². The number of carbonyl (C=O) groups excluding carboxylic acids is 11. The van der Waals surface area contributed by atoms with Crippen molar-refractivity contribution < 1.29 is 67.3 Å². The first kappa shape index (κ1) is 83.8. The second-order valence-corrected chi connectivity index (χ2v) is 27.9. The van der Waals surface area contributed by atoms with E-state index in [1.807, 2.05) is 41.5 Å². The van der Waals surface area contributed by atoms with Gasteiger partial charge in [0, 0.05) is 74.4 Å². The SMILES string of the molecule is C/C=C/[C@@H](C)[C@@H](O)[C@H]1C(=O)N[C@@H](CC)C(=O)N(CC)CC(=O)N(C)C([C@@H](C)OCCCCN2CCOCC2)C(=O)N[C@@H](C(C)C)C(=O)N(C)[C@@H](CC(C)C)C(=O)N[C@@H](C)C(=O)N[C@H](C)C(=O)N(C)[C@@H](CC(C)C)C(=O)N(C)[C@@H](CC(C)C)C(=O)N(C)[C@@H](C(C)C)C(=O)N1C.